The molecule has 0 bridgehead atoms. The lowest BCUT2D eigenvalue weighted by molar-refractivity contribution is -0.113. The molecule has 7 heteroatoms. The van der Waals surface area contributed by atoms with Crippen molar-refractivity contribution in [3.8, 4) is 5.75 Å². The van der Waals surface area contributed by atoms with Gasteiger partial charge in [0.15, 0.2) is 4.80 Å². The number of hydrogen-bond donors (Lipinski definition) is 2. The monoisotopic (exact) mass is 579 g/mol. The van der Waals surface area contributed by atoms with E-state index in [1.165, 1.54) is 11.3 Å². The van der Waals surface area contributed by atoms with Crippen LogP contribution in [0, 0.1) is 0 Å². The van der Waals surface area contributed by atoms with Crippen LogP contribution in [0.2, 0.25) is 0 Å². The number of thiazole rings is 1. The van der Waals surface area contributed by atoms with Gasteiger partial charge in [0, 0.05) is 16.8 Å². The van der Waals surface area contributed by atoms with Crippen LogP contribution in [0.1, 0.15) is 76.8 Å². The maximum atomic E-state index is 14.1. The molecule has 2 N–H and O–H groups in total. The Hall–Kier alpha value is -4.23. The molecule has 4 aromatic rings. The number of amides is 1. The first kappa shape index (κ1) is 29.3. The number of benzene rings is 3. The van der Waals surface area contributed by atoms with Crippen LogP contribution in [-0.2, 0) is 15.6 Å². The van der Waals surface area contributed by atoms with E-state index >= 15 is 0 Å². The number of anilines is 1. The number of aromatic nitrogens is 1. The number of fused-ring (bicyclic) bond motifs is 1. The van der Waals surface area contributed by atoms with Crippen LogP contribution in [-0.4, -0.2) is 15.6 Å². The van der Waals surface area contributed by atoms with E-state index in [1.807, 2.05) is 85.8 Å². The maximum Gasteiger partial charge on any atom is 0.271 e. The fourth-order valence-corrected chi connectivity index (χ4v) is 6.36. The molecule has 0 spiro atoms. The number of para-hydroxylation sites is 1. The Morgan fingerprint density at radius 1 is 0.929 bits per heavy atom. The number of phenolic OH excluding ortho intramolecular Hbond substituents is 1. The van der Waals surface area contributed by atoms with Gasteiger partial charge in [-0.05, 0) is 59.2 Å². The Kier molecular flexibility index (Phi) is 7.58. The second kappa shape index (κ2) is 10.9. The summed E-state index contributed by atoms with van der Waals surface area (Å²) in [7, 11) is 0. The quantitative estimate of drug-likeness (QED) is 0.303. The van der Waals surface area contributed by atoms with Crippen molar-refractivity contribution in [2.45, 2.75) is 65.3 Å². The second-order valence-corrected chi connectivity index (χ2v) is 13.8. The van der Waals surface area contributed by atoms with Crippen LogP contribution in [0.15, 0.2) is 93.9 Å². The van der Waals surface area contributed by atoms with Gasteiger partial charge in [0.25, 0.3) is 11.5 Å². The van der Waals surface area contributed by atoms with Crippen molar-refractivity contribution in [1.29, 1.82) is 0 Å². The van der Waals surface area contributed by atoms with E-state index in [0.717, 1.165) is 22.3 Å². The van der Waals surface area contributed by atoms with E-state index in [2.05, 4.69) is 46.9 Å². The normalized spacial score (nSPS) is 15.8. The Balaban J connectivity index is 1.70. The molecule has 0 radical (unpaired) electrons. The van der Waals surface area contributed by atoms with Gasteiger partial charge in [-0.2, -0.15) is 0 Å². The Labute approximate surface area is 250 Å². The molecule has 2 heterocycles. The summed E-state index contributed by atoms with van der Waals surface area (Å²) >= 11 is 1.31. The van der Waals surface area contributed by atoms with E-state index in [9.17, 15) is 14.7 Å². The summed E-state index contributed by atoms with van der Waals surface area (Å²) in [4.78, 5) is 33.1. The summed E-state index contributed by atoms with van der Waals surface area (Å²) in [5.74, 6) is -0.00358. The standard InChI is InChI=1S/C35H37N3O3S/c1-21-28(31(40)37-24-16-12-9-13-17-24)29(23-14-10-8-11-15-23)38-32(41)27(42-33(38)36-21)20-22-18-25(34(2,3)4)30(39)26(19-22)35(5,6)7/h8-20,29,39H,1-7H3,(H,37,40)/b27-20-/t29-/m0/s1. The summed E-state index contributed by atoms with van der Waals surface area (Å²) in [5.41, 5.74) is 4.17. The molecular weight excluding hydrogens is 542 g/mol. The minimum absolute atomic E-state index is 0.215. The predicted octanol–water partition coefficient (Wildman–Crippen LogP) is 6.17. The highest BCUT2D eigenvalue weighted by Gasteiger charge is 2.32. The number of rotatable bonds is 4. The van der Waals surface area contributed by atoms with Crippen LogP contribution in [0.25, 0.3) is 6.08 Å². The number of nitrogens with zero attached hydrogens (tertiary/aromatic N) is 2. The molecule has 1 aliphatic rings. The molecule has 1 atom stereocenters. The van der Waals surface area contributed by atoms with Crippen molar-refractivity contribution in [3.63, 3.8) is 0 Å². The molecule has 1 aliphatic heterocycles. The highest BCUT2D eigenvalue weighted by atomic mass is 32.1. The molecule has 42 heavy (non-hydrogen) atoms. The Morgan fingerprint density at radius 3 is 2.02 bits per heavy atom. The van der Waals surface area contributed by atoms with Gasteiger partial charge in [0.05, 0.1) is 21.8 Å². The van der Waals surface area contributed by atoms with Crippen molar-refractivity contribution in [3.05, 3.63) is 126 Å². The largest absolute Gasteiger partial charge is 0.507 e. The minimum atomic E-state index is -0.636. The highest BCUT2D eigenvalue weighted by molar-refractivity contribution is 7.07. The van der Waals surface area contributed by atoms with Gasteiger partial charge < -0.3 is 10.4 Å². The van der Waals surface area contributed by atoms with Crippen molar-refractivity contribution in [1.82, 2.24) is 4.57 Å². The van der Waals surface area contributed by atoms with E-state index in [0.29, 0.717) is 32.0 Å². The van der Waals surface area contributed by atoms with Crippen LogP contribution < -0.4 is 20.2 Å². The first-order valence-electron chi connectivity index (χ1n) is 14.1. The second-order valence-electron chi connectivity index (χ2n) is 12.8. The molecule has 1 aromatic heterocycles. The Morgan fingerprint density at radius 2 is 1.48 bits per heavy atom. The van der Waals surface area contributed by atoms with E-state index in [1.54, 1.807) is 4.57 Å². The van der Waals surface area contributed by atoms with Gasteiger partial charge in [-0.3, -0.25) is 14.2 Å². The van der Waals surface area contributed by atoms with Gasteiger partial charge in [-0.1, -0.05) is 101 Å². The highest BCUT2D eigenvalue weighted by Crippen LogP contribution is 2.40. The number of nitrogens with one attached hydrogen (secondary N) is 1. The van der Waals surface area contributed by atoms with E-state index < -0.39 is 6.04 Å². The van der Waals surface area contributed by atoms with Gasteiger partial charge >= 0.3 is 0 Å². The molecule has 0 fully saturated rings. The van der Waals surface area contributed by atoms with Gasteiger partial charge in [-0.15, -0.1) is 0 Å². The first-order valence-corrected chi connectivity index (χ1v) is 14.9. The van der Waals surface area contributed by atoms with Crippen LogP contribution in [0.3, 0.4) is 0 Å². The predicted molar refractivity (Wildman–Crippen MR) is 171 cm³/mol. The fraction of sp³-hybridized carbons (Fsp3) is 0.286. The SMILES string of the molecule is CC1=C(C(=O)Nc2ccccc2)[C@H](c2ccccc2)n2c(s/c(=C\c3cc(C(C)(C)C)c(O)c(C(C)(C)C)c3)c2=O)=N1. The molecule has 0 saturated heterocycles. The molecule has 0 unspecified atom stereocenters. The molecule has 6 nitrogen and oxygen atoms in total. The molecule has 0 aliphatic carbocycles. The van der Waals surface area contributed by atoms with Crippen molar-refractivity contribution < 1.29 is 9.90 Å². The number of carbonyl (C=O) groups is 1. The molecule has 3 aromatic carbocycles. The van der Waals surface area contributed by atoms with E-state index in [-0.39, 0.29) is 22.3 Å². The summed E-state index contributed by atoms with van der Waals surface area (Å²) in [6, 6.07) is 22.1. The lowest BCUT2D eigenvalue weighted by atomic mass is 9.78. The molecule has 5 rings (SSSR count). The molecular formula is C35H37N3O3S. The van der Waals surface area contributed by atoms with Crippen molar-refractivity contribution >= 4 is 29.0 Å². The number of phenols is 1. The molecule has 216 valence electrons. The molecule has 1 amide bonds. The lowest BCUT2D eigenvalue weighted by Crippen LogP contribution is -2.40. The zero-order valence-electron chi connectivity index (χ0n) is 25.1. The number of allylic oxidation sites excluding steroid dienone is 1. The van der Waals surface area contributed by atoms with Crippen LogP contribution in [0.4, 0.5) is 5.69 Å². The number of hydrogen-bond acceptors (Lipinski definition) is 5. The van der Waals surface area contributed by atoms with Gasteiger partial charge in [-0.25, -0.2) is 4.99 Å². The lowest BCUT2D eigenvalue weighted by Gasteiger charge is -2.27. The third-order valence-corrected chi connectivity index (χ3v) is 8.44. The summed E-state index contributed by atoms with van der Waals surface area (Å²) in [5, 5.41) is 14.2. The zero-order chi connectivity index (χ0) is 30.4. The average molecular weight is 580 g/mol. The Bertz CT molecular complexity index is 1840. The van der Waals surface area contributed by atoms with Crippen molar-refractivity contribution in [2.75, 3.05) is 5.32 Å². The smallest absolute Gasteiger partial charge is 0.271 e. The summed E-state index contributed by atoms with van der Waals surface area (Å²) in [6.45, 7) is 14.2. The number of carbonyl (C=O) groups excluding carboxylic acids is 1. The van der Waals surface area contributed by atoms with E-state index in [4.69, 9.17) is 4.99 Å². The third-order valence-electron chi connectivity index (χ3n) is 7.46. The van der Waals surface area contributed by atoms with Gasteiger partial charge in [0.1, 0.15) is 5.75 Å². The fourth-order valence-electron chi connectivity index (χ4n) is 5.32. The minimum Gasteiger partial charge on any atom is -0.507 e. The first-order chi connectivity index (χ1) is 19.8. The van der Waals surface area contributed by atoms with Crippen molar-refractivity contribution in [2.24, 2.45) is 4.99 Å². The zero-order valence-corrected chi connectivity index (χ0v) is 26.0. The number of aromatic hydroxyl groups is 1. The van der Waals surface area contributed by atoms with Crippen LogP contribution >= 0.6 is 11.3 Å². The summed E-state index contributed by atoms with van der Waals surface area (Å²) < 4.78 is 2.15. The average Bonchev–Trinajstić information content (AvgIpc) is 3.22. The third kappa shape index (κ3) is 5.61. The topological polar surface area (TPSA) is 83.7 Å². The molecule has 0 saturated carbocycles. The van der Waals surface area contributed by atoms with Gasteiger partial charge in [0.2, 0.25) is 0 Å². The summed E-state index contributed by atoms with van der Waals surface area (Å²) in [6.07, 6.45) is 1.87. The maximum absolute atomic E-state index is 14.1. The van der Waals surface area contributed by atoms with Crippen LogP contribution in [0.5, 0.6) is 5.75 Å².